The summed E-state index contributed by atoms with van der Waals surface area (Å²) in [5, 5.41) is 19.4. The number of anilines is 1. The highest BCUT2D eigenvalue weighted by molar-refractivity contribution is 8.00. The molecule has 8 nitrogen and oxygen atoms in total. The first kappa shape index (κ1) is 26.4. The molecule has 1 unspecified atom stereocenters. The van der Waals surface area contributed by atoms with Gasteiger partial charge in [-0.05, 0) is 48.4 Å². The second-order valence-corrected chi connectivity index (χ2v) is 10.7. The lowest BCUT2D eigenvalue weighted by molar-refractivity contribution is -0.117. The number of benzene rings is 2. The van der Waals surface area contributed by atoms with Crippen LogP contribution in [0.3, 0.4) is 0 Å². The fourth-order valence-electron chi connectivity index (χ4n) is 4.05. The number of Topliss-reactive ketones (excluding diaryl/α,β-unsaturated/α-hetero) is 1. The van der Waals surface area contributed by atoms with Crippen molar-refractivity contribution in [2.45, 2.75) is 23.1 Å². The quantitative estimate of drug-likeness (QED) is 0.105. The average molecular weight is 564 g/mol. The molecule has 198 valence electrons. The molecule has 2 aromatic heterocycles. The average Bonchev–Trinajstić information content (AvgIpc) is 3.65. The third-order valence-corrected chi connectivity index (χ3v) is 8.00. The van der Waals surface area contributed by atoms with Crippen LogP contribution in [0.2, 0.25) is 0 Å². The van der Waals surface area contributed by atoms with Gasteiger partial charge >= 0.3 is 0 Å². The first-order chi connectivity index (χ1) is 18.9. The lowest BCUT2D eigenvalue weighted by Crippen LogP contribution is -2.31. The van der Waals surface area contributed by atoms with Gasteiger partial charge in [0.1, 0.15) is 23.9 Å². The van der Waals surface area contributed by atoms with Crippen LogP contribution >= 0.6 is 23.1 Å². The Kier molecular flexibility index (Phi) is 7.62. The van der Waals surface area contributed by atoms with Gasteiger partial charge in [-0.25, -0.2) is 4.39 Å². The highest BCUT2D eigenvalue weighted by Crippen LogP contribution is 2.44. The normalized spacial score (nSPS) is 15.2. The van der Waals surface area contributed by atoms with Crippen LogP contribution in [0.15, 0.2) is 93.4 Å². The molecule has 0 radical (unpaired) electrons. The molecule has 1 aliphatic heterocycles. The fraction of sp³-hybridized carbons (Fsp3) is 0.143. The maximum atomic E-state index is 14.0. The molecule has 0 fully saturated rings. The zero-order valence-corrected chi connectivity index (χ0v) is 22.3. The molecule has 1 atom stereocenters. The molecule has 3 heterocycles. The predicted molar refractivity (Wildman–Crippen MR) is 146 cm³/mol. The molecule has 0 spiro atoms. The minimum atomic E-state index is -0.999. The smallest absolute Gasteiger partial charge is 0.296 e. The highest BCUT2D eigenvalue weighted by Gasteiger charge is 2.46. The van der Waals surface area contributed by atoms with Gasteiger partial charge in [-0.15, -0.1) is 10.2 Å². The topological polar surface area (TPSA) is 106 Å². The van der Waals surface area contributed by atoms with Crippen molar-refractivity contribution in [2.24, 2.45) is 0 Å². The standard InChI is InChI=1S/C28H22FN3O5S2/c1-3-14-36-19-11-9-17(10-12-19)23-22(24(33)21-13-8-16(2)37-21)25(34)26(35)32(23)27-30-31-28(39-27)38-15-18-6-4-5-7-20(18)29/h3-13,23,34H,1,14-15H2,2H3. The maximum Gasteiger partial charge on any atom is 0.296 e. The fourth-order valence-corrected chi connectivity index (χ4v) is 5.91. The van der Waals surface area contributed by atoms with Gasteiger partial charge in [0.25, 0.3) is 5.91 Å². The van der Waals surface area contributed by atoms with E-state index in [-0.39, 0.29) is 22.3 Å². The van der Waals surface area contributed by atoms with Crippen molar-refractivity contribution in [2.75, 3.05) is 11.5 Å². The number of hydrogen-bond acceptors (Lipinski definition) is 9. The number of hydrogen-bond donors (Lipinski definition) is 1. The highest BCUT2D eigenvalue weighted by atomic mass is 32.2. The third kappa shape index (κ3) is 5.36. The van der Waals surface area contributed by atoms with Crippen LogP contribution in [-0.2, 0) is 10.5 Å². The number of thioether (sulfide) groups is 1. The van der Waals surface area contributed by atoms with E-state index in [1.165, 1.54) is 28.8 Å². The van der Waals surface area contributed by atoms with Crippen LogP contribution < -0.4 is 9.64 Å². The molecule has 5 rings (SSSR count). The second kappa shape index (κ2) is 11.3. The van der Waals surface area contributed by atoms with Crippen LogP contribution in [0.4, 0.5) is 9.52 Å². The Morgan fingerprint density at radius 1 is 1.21 bits per heavy atom. The Balaban J connectivity index is 1.49. The summed E-state index contributed by atoms with van der Waals surface area (Å²) in [5.74, 6) is -1.03. The summed E-state index contributed by atoms with van der Waals surface area (Å²) in [6.07, 6.45) is 1.62. The van der Waals surface area contributed by atoms with E-state index in [9.17, 15) is 19.1 Å². The Bertz CT molecular complexity index is 1580. The molecular weight excluding hydrogens is 541 g/mol. The Labute approximate surface area is 231 Å². The summed E-state index contributed by atoms with van der Waals surface area (Å²) >= 11 is 2.37. The second-order valence-electron chi connectivity index (χ2n) is 8.48. The van der Waals surface area contributed by atoms with Gasteiger partial charge in [0, 0.05) is 5.75 Å². The number of furan rings is 1. The molecule has 0 aliphatic carbocycles. The number of aryl methyl sites for hydroxylation is 1. The molecule has 1 amide bonds. The number of halogens is 1. The van der Waals surface area contributed by atoms with E-state index in [0.717, 1.165) is 11.3 Å². The molecule has 39 heavy (non-hydrogen) atoms. The van der Waals surface area contributed by atoms with E-state index in [4.69, 9.17) is 9.15 Å². The molecule has 2 aromatic carbocycles. The van der Waals surface area contributed by atoms with E-state index < -0.39 is 23.5 Å². The van der Waals surface area contributed by atoms with Crippen molar-refractivity contribution in [1.82, 2.24) is 10.2 Å². The van der Waals surface area contributed by atoms with Gasteiger partial charge < -0.3 is 14.3 Å². The van der Waals surface area contributed by atoms with Crippen LogP contribution in [-0.4, -0.2) is 33.6 Å². The summed E-state index contributed by atoms with van der Waals surface area (Å²) in [6.45, 7) is 5.64. The first-order valence-electron chi connectivity index (χ1n) is 11.8. The van der Waals surface area contributed by atoms with Crippen LogP contribution in [0.5, 0.6) is 5.75 Å². The van der Waals surface area contributed by atoms with Crippen molar-refractivity contribution in [3.63, 3.8) is 0 Å². The number of ketones is 1. The Morgan fingerprint density at radius 3 is 2.67 bits per heavy atom. The number of aromatic nitrogens is 2. The Morgan fingerprint density at radius 2 is 1.97 bits per heavy atom. The summed E-state index contributed by atoms with van der Waals surface area (Å²) in [4.78, 5) is 28.1. The van der Waals surface area contributed by atoms with Gasteiger partial charge in [-0.2, -0.15) is 0 Å². The lowest BCUT2D eigenvalue weighted by atomic mass is 9.95. The summed E-state index contributed by atoms with van der Waals surface area (Å²) in [6, 6.07) is 15.4. The SMILES string of the molecule is C=CCOc1ccc(C2C(C(=O)c3ccc(C)o3)=C(O)C(=O)N2c2nnc(SCc3ccccc3F)s2)cc1. The van der Waals surface area contributed by atoms with Crippen molar-refractivity contribution in [3.05, 3.63) is 113 Å². The van der Waals surface area contributed by atoms with E-state index in [0.29, 0.717) is 39.3 Å². The molecule has 4 aromatic rings. The van der Waals surface area contributed by atoms with E-state index in [1.54, 1.807) is 61.5 Å². The molecule has 1 aliphatic rings. The van der Waals surface area contributed by atoms with E-state index in [2.05, 4.69) is 16.8 Å². The molecule has 0 saturated carbocycles. The molecule has 1 N–H and O–H groups in total. The minimum absolute atomic E-state index is 0.00182. The predicted octanol–water partition coefficient (Wildman–Crippen LogP) is 6.22. The number of aliphatic hydroxyl groups is 1. The number of nitrogens with zero attached hydrogens (tertiary/aromatic N) is 3. The third-order valence-electron chi connectivity index (χ3n) is 5.89. The summed E-state index contributed by atoms with van der Waals surface area (Å²) in [7, 11) is 0. The number of amides is 1. The largest absolute Gasteiger partial charge is 0.503 e. The first-order valence-corrected chi connectivity index (χ1v) is 13.6. The van der Waals surface area contributed by atoms with Crippen LogP contribution in [0.1, 0.15) is 33.5 Å². The van der Waals surface area contributed by atoms with E-state index >= 15 is 0 Å². The van der Waals surface area contributed by atoms with Gasteiger partial charge in [0.15, 0.2) is 15.9 Å². The van der Waals surface area contributed by atoms with Crippen LogP contribution in [0.25, 0.3) is 0 Å². The van der Waals surface area contributed by atoms with Gasteiger partial charge in [0.05, 0.1) is 11.6 Å². The monoisotopic (exact) mass is 563 g/mol. The van der Waals surface area contributed by atoms with Crippen LogP contribution in [0, 0.1) is 12.7 Å². The van der Waals surface area contributed by atoms with Crippen molar-refractivity contribution in [1.29, 1.82) is 0 Å². The Hall–Kier alpha value is -4.22. The van der Waals surface area contributed by atoms with Crippen molar-refractivity contribution >= 4 is 39.9 Å². The van der Waals surface area contributed by atoms with Gasteiger partial charge in [-0.1, -0.05) is 66.1 Å². The minimum Gasteiger partial charge on any atom is -0.503 e. The molecule has 0 bridgehead atoms. The zero-order chi connectivity index (χ0) is 27.5. The van der Waals surface area contributed by atoms with Crippen molar-refractivity contribution < 1.29 is 28.2 Å². The van der Waals surface area contributed by atoms with Gasteiger partial charge in [-0.3, -0.25) is 14.5 Å². The summed E-state index contributed by atoms with van der Waals surface area (Å²) in [5.41, 5.74) is 0.916. The lowest BCUT2D eigenvalue weighted by Gasteiger charge is -2.24. The number of aliphatic hydroxyl groups excluding tert-OH is 1. The zero-order valence-electron chi connectivity index (χ0n) is 20.7. The number of carbonyl (C=O) groups excluding carboxylic acids is 2. The molecular formula is C28H22FN3O5S2. The number of rotatable bonds is 10. The molecule has 0 saturated heterocycles. The number of ether oxygens (including phenoxy) is 1. The number of carbonyl (C=O) groups is 2. The van der Waals surface area contributed by atoms with Gasteiger partial charge in [0.2, 0.25) is 10.9 Å². The summed E-state index contributed by atoms with van der Waals surface area (Å²) < 4.78 is 25.6. The van der Waals surface area contributed by atoms with E-state index in [1.807, 2.05) is 0 Å². The van der Waals surface area contributed by atoms with Crippen molar-refractivity contribution in [3.8, 4) is 5.75 Å². The molecule has 11 heteroatoms. The maximum absolute atomic E-state index is 14.0.